The Kier molecular flexibility index (Phi) is 4.59. The van der Waals surface area contributed by atoms with Crippen molar-refractivity contribution < 1.29 is 0 Å². The Balaban J connectivity index is 2.83. The summed E-state index contributed by atoms with van der Waals surface area (Å²) in [7, 11) is 4.07. The number of hydrogen-bond acceptors (Lipinski definition) is 2. The van der Waals surface area contributed by atoms with Gasteiger partial charge in [-0.25, -0.2) is 4.98 Å². The molecule has 0 saturated carbocycles. The first-order chi connectivity index (χ1) is 7.56. The quantitative estimate of drug-likeness (QED) is 0.762. The number of rotatable bonds is 5. The average Bonchev–Trinajstić information content (AvgIpc) is 2.60. The average molecular weight is 221 g/mol. The summed E-state index contributed by atoms with van der Waals surface area (Å²) in [5.74, 6) is 1.18. The summed E-state index contributed by atoms with van der Waals surface area (Å²) in [6, 6.07) is 0.486. The number of nitrogens with zero attached hydrogens (tertiary/aromatic N) is 3. The fraction of sp³-hybridized carbons (Fsp3) is 0.615. The largest absolute Gasteiger partial charge is 0.384 e. The first kappa shape index (κ1) is 12.8. The SMILES string of the molecule is CCc1ncc(CC=CN(C)C)n1C(C)C. The molecule has 90 valence electrons. The van der Waals surface area contributed by atoms with Crippen molar-refractivity contribution in [3.8, 4) is 0 Å². The second-order valence-electron chi connectivity index (χ2n) is 4.54. The Bertz CT molecular complexity index is 348. The van der Waals surface area contributed by atoms with Gasteiger partial charge in [-0.15, -0.1) is 0 Å². The summed E-state index contributed by atoms with van der Waals surface area (Å²) in [6.07, 6.45) is 8.20. The summed E-state index contributed by atoms with van der Waals surface area (Å²) in [4.78, 5) is 6.52. The van der Waals surface area contributed by atoms with Crippen LogP contribution in [0.3, 0.4) is 0 Å². The first-order valence-corrected chi connectivity index (χ1v) is 5.94. The van der Waals surface area contributed by atoms with E-state index in [1.54, 1.807) is 0 Å². The van der Waals surface area contributed by atoms with Gasteiger partial charge in [0, 0.05) is 44.9 Å². The van der Waals surface area contributed by atoms with Crippen molar-refractivity contribution in [2.24, 2.45) is 0 Å². The maximum Gasteiger partial charge on any atom is 0.108 e. The first-order valence-electron chi connectivity index (χ1n) is 5.94. The molecule has 0 amide bonds. The summed E-state index contributed by atoms with van der Waals surface area (Å²) in [6.45, 7) is 6.57. The monoisotopic (exact) mass is 221 g/mol. The maximum absolute atomic E-state index is 4.47. The van der Waals surface area contributed by atoms with Crippen LogP contribution in [0.5, 0.6) is 0 Å². The predicted octanol–water partition coefficient (Wildman–Crippen LogP) is 2.64. The lowest BCUT2D eigenvalue weighted by Crippen LogP contribution is -2.09. The van der Waals surface area contributed by atoms with E-state index in [9.17, 15) is 0 Å². The zero-order chi connectivity index (χ0) is 12.1. The van der Waals surface area contributed by atoms with Gasteiger partial charge in [-0.2, -0.15) is 0 Å². The molecule has 1 aromatic heterocycles. The van der Waals surface area contributed by atoms with E-state index >= 15 is 0 Å². The van der Waals surface area contributed by atoms with Gasteiger partial charge in [0.1, 0.15) is 5.82 Å². The highest BCUT2D eigenvalue weighted by Crippen LogP contribution is 2.15. The molecule has 0 radical (unpaired) electrons. The van der Waals surface area contributed by atoms with Crippen molar-refractivity contribution in [2.75, 3.05) is 14.1 Å². The minimum absolute atomic E-state index is 0.486. The number of allylic oxidation sites excluding steroid dienone is 1. The van der Waals surface area contributed by atoms with Crippen molar-refractivity contribution in [3.63, 3.8) is 0 Å². The molecule has 0 atom stereocenters. The van der Waals surface area contributed by atoms with Crippen molar-refractivity contribution in [3.05, 3.63) is 30.0 Å². The third kappa shape index (κ3) is 3.12. The van der Waals surface area contributed by atoms with Crippen LogP contribution >= 0.6 is 0 Å². The van der Waals surface area contributed by atoms with Gasteiger partial charge in [0.05, 0.1) is 0 Å². The molecular weight excluding hydrogens is 198 g/mol. The van der Waals surface area contributed by atoms with Gasteiger partial charge >= 0.3 is 0 Å². The van der Waals surface area contributed by atoms with Crippen LogP contribution in [0.2, 0.25) is 0 Å². The molecule has 1 heterocycles. The van der Waals surface area contributed by atoms with Gasteiger partial charge in [0.25, 0.3) is 0 Å². The second kappa shape index (κ2) is 5.73. The number of aromatic nitrogens is 2. The highest BCUT2D eigenvalue weighted by atomic mass is 15.1. The van der Waals surface area contributed by atoms with Crippen LogP contribution in [0.4, 0.5) is 0 Å². The Labute approximate surface area is 98.8 Å². The van der Waals surface area contributed by atoms with Crippen LogP contribution in [-0.2, 0) is 12.8 Å². The fourth-order valence-electron chi connectivity index (χ4n) is 1.87. The Hall–Kier alpha value is -1.25. The third-order valence-electron chi connectivity index (χ3n) is 2.51. The van der Waals surface area contributed by atoms with Gasteiger partial charge in [0.15, 0.2) is 0 Å². The number of aryl methyl sites for hydroxylation is 1. The summed E-state index contributed by atoms with van der Waals surface area (Å²) in [5, 5.41) is 0. The topological polar surface area (TPSA) is 21.1 Å². The molecule has 0 spiro atoms. The van der Waals surface area contributed by atoms with Crippen molar-refractivity contribution in [2.45, 2.75) is 39.7 Å². The van der Waals surface area contributed by atoms with Crippen molar-refractivity contribution in [1.29, 1.82) is 0 Å². The molecular formula is C13H23N3. The highest BCUT2D eigenvalue weighted by molar-refractivity contribution is 5.10. The zero-order valence-corrected chi connectivity index (χ0v) is 11.1. The van der Waals surface area contributed by atoms with E-state index in [1.165, 1.54) is 11.5 Å². The van der Waals surface area contributed by atoms with Crippen LogP contribution in [-0.4, -0.2) is 28.5 Å². The van der Waals surface area contributed by atoms with E-state index < -0.39 is 0 Å². The molecule has 0 aliphatic heterocycles. The van der Waals surface area contributed by atoms with Crippen LogP contribution in [0.25, 0.3) is 0 Å². The van der Waals surface area contributed by atoms with E-state index in [0.29, 0.717) is 6.04 Å². The number of imidazole rings is 1. The van der Waals surface area contributed by atoms with Gasteiger partial charge in [0.2, 0.25) is 0 Å². The van der Waals surface area contributed by atoms with Crippen molar-refractivity contribution in [1.82, 2.24) is 14.5 Å². The van der Waals surface area contributed by atoms with Gasteiger partial charge in [-0.3, -0.25) is 0 Å². The molecule has 0 aliphatic rings. The van der Waals surface area contributed by atoms with Crippen molar-refractivity contribution >= 4 is 0 Å². The second-order valence-corrected chi connectivity index (χ2v) is 4.54. The molecule has 0 aromatic carbocycles. The van der Waals surface area contributed by atoms with Crippen LogP contribution in [0, 0.1) is 0 Å². The lowest BCUT2D eigenvalue weighted by atomic mass is 10.2. The van der Waals surface area contributed by atoms with Gasteiger partial charge < -0.3 is 9.47 Å². The predicted molar refractivity (Wildman–Crippen MR) is 68.5 cm³/mol. The van der Waals surface area contributed by atoms with E-state index in [4.69, 9.17) is 0 Å². The molecule has 0 fully saturated rings. The van der Waals surface area contributed by atoms with E-state index in [2.05, 4.69) is 47.5 Å². The molecule has 1 aromatic rings. The lowest BCUT2D eigenvalue weighted by molar-refractivity contribution is 0.548. The van der Waals surface area contributed by atoms with E-state index in [0.717, 1.165) is 12.8 Å². The lowest BCUT2D eigenvalue weighted by Gasteiger charge is -2.14. The van der Waals surface area contributed by atoms with E-state index in [1.807, 2.05) is 20.3 Å². The molecule has 3 heteroatoms. The standard InChI is InChI=1S/C13H23N3/c1-6-13-14-10-12(16(13)11(2)3)8-7-9-15(4)5/h7,9-11H,6,8H2,1-5H3. The Morgan fingerprint density at radius 3 is 2.62 bits per heavy atom. The molecule has 0 saturated heterocycles. The summed E-state index contributed by atoms with van der Waals surface area (Å²) < 4.78 is 2.33. The molecule has 1 rings (SSSR count). The minimum Gasteiger partial charge on any atom is -0.384 e. The van der Waals surface area contributed by atoms with Crippen LogP contribution in [0.1, 0.15) is 38.3 Å². The third-order valence-corrected chi connectivity index (χ3v) is 2.51. The normalized spacial score (nSPS) is 11.6. The fourth-order valence-corrected chi connectivity index (χ4v) is 1.87. The van der Waals surface area contributed by atoms with E-state index in [-0.39, 0.29) is 0 Å². The van der Waals surface area contributed by atoms with Crippen LogP contribution < -0.4 is 0 Å². The highest BCUT2D eigenvalue weighted by Gasteiger charge is 2.09. The molecule has 0 aliphatic carbocycles. The molecule has 0 N–H and O–H groups in total. The molecule has 0 unspecified atom stereocenters. The molecule has 0 bridgehead atoms. The number of hydrogen-bond donors (Lipinski definition) is 0. The van der Waals surface area contributed by atoms with Crippen LogP contribution in [0.15, 0.2) is 18.5 Å². The minimum atomic E-state index is 0.486. The Morgan fingerprint density at radius 1 is 1.44 bits per heavy atom. The maximum atomic E-state index is 4.47. The molecule has 16 heavy (non-hydrogen) atoms. The molecule has 3 nitrogen and oxygen atoms in total. The Morgan fingerprint density at radius 2 is 2.12 bits per heavy atom. The smallest absolute Gasteiger partial charge is 0.108 e. The summed E-state index contributed by atoms with van der Waals surface area (Å²) >= 11 is 0. The van der Waals surface area contributed by atoms with Gasteiger partial charge in [-0.1, -0.05) is 13.0 Å². The van der Waals surface area contributed by atoms with Gasteiger partial charge in [-0.05, 0) is 20.0 Å². The zero-order valence-electron chi connectivity index (χ0n) is 11.1. The summed E-state index contributed by atoms with van der Waals surface area (Å²) in [5.41, 5.74) is 1.30.